The second kappa shape index (κ2) is 26.8. The van der Waals surface area contributed by atoms with Crippen molar-refractivity contribution in [3.05, 3.63) is 213 Å². The fraction of sp³-hybridized carbons (Fsp3) is 0.421. The van der Waals surface area contributed by atoms with Crippen LogP contribution in [0.5, 0.6) is 0 Å². The molecule has 0 aliphatic rings. The van der Waals surface area contributed by atoms with E-state index in [1.807, 2.05) is 243 Å². The Kier molecular flexibility index (Phi) is 16.5. The Morgan fingerprint density at radius 1 is 0.325 bits per heavy atom. The van der Waals surface area contributed by atoms with Crippen molar-refractivity contribution < 1.29 is 33.3 Å². The van der Waals surface area contributed by atoms with Crippen LogP contribution in [0.15, 0.2) is 146 Å². The molecule has 4 aromatic carbocycles. The van der Waals surface area contributed by atoms with Crippen LogP contribution in [-0.2, 0) is 53.7 Å². The number of rotatable bonds is 8. The molecule has 0 atom stereocenters. The van der Waals surface area contributed by atoms with Crippen molar-refractivity contribution in [1.82, 2.24) is 0 Å². The van der Waals surface area contributed by atoms with Gasteiger partial charge in [0.15, 0.2) is 24.8 Å². The summed E-state index contributed by atoms with van der Waals surface area (Å²) in [6.07, 6.45) is 2.07. The number of nitrogens with zero attached hydrogens (tertiary/aromatic N) is 4. The molecule has 0 amide bonds. The Morgan fingerprint density at radius 2 is 0.637 bits per heavy atom. The maximum Gasteiger partial charge on any atom is 0.212 e. The first kappa shape index (κ1) is 49.3. The van der Waals surface area contributed by atoms with E-state index >= 15 is 0 Å². The summed E-state index contributed by atoms with van der Waals surface area (Å²) in [4.78, 5) is 0. The number of hydrogen-bond donors (Lipinski definition) is 0. The van der Waals surface area contributed by atoms with E-state index in [0.29, 0.717) is 11.1 Å². The highest BCUT2D eigenvalue weighted by molar-refractivity contribution is 5.64. The minimum atomic E-state index is -2.12. The van der Waals surface area contributed by atoms with Crippen LogP contribution >= 0.6 is 0 Å². The summed E-state index contributed by atoms with van der Waals surface area (Å²) in [5, 5.41) is 0. The van der Waals surface area contributed by atoms with Gasteiger partial charge in [0.05, 0.1) is 0 Å². The van der Waals surface area contributed by atoms with Gasteiger partial charge >= 0.3 is 0 Å². The predicted molar refractivity (Wildman–Crippen MR) is 343 cm³/mol. The Balaban J connectivity index is 0.000000221. The summed E-state index contributed by atoms with van der Waals surface area (Å²) in [6, 6.07) is 40.2. The first-order valence-electron chi connectivity index (χ1n) is 33.7. The van der Waals surface area contributed by atoms with E-state index in [1.54, 1.807) is 12.1 Å². The average molecular weight is 1080 g/mol. The van der Waals surface area contributed by atoms with Gasteiger partial charge in [-0.05, 0) is 172 Å². The lowest BCUT2D eigenvalue weighted by Crippen LogP contribution is -2.32. The number of benzene rings is 4. The fourth-order valence-corrected chi connectivity index (χ4v) is 9.58. The van der Waals surface area contributed by atoms with Gasteiger partial charge in [0, 0.05) is 83.9 Å². The molecule has 0 radical (unpaired) electrons. The largest absolute Gasteiger partial charge is 0.212 e. The molecule has 80 heavy (non-hydrogen) atoms. The van der Waals surface area contributed by atoms with Crippen LogP contribution in [0.1, 0.15) is 165 Å². The number of hydrogen-bond acceptors (Lipinski definition) is 0. The fourth-order valence-electron chi connectivity index (χ4n) is 9.58. The molecule has 0 spiro atoms. The van der Waals surface area contributed by atoms with Gasteiger partial charge in [-0.3, -0.25) is 0 Å². The Hall–Kier alpha value is -6.52. The number of aromatic nitrogens is 4. The molecule has 8 rings (SSSR count). The lowest BCUT2D eigenvalue weighted by Gasteiger charge is -2.19. The van der Waals surface area contributed by atoms with Crippen LogP contribution in [-0.4, -0.2) is 0 Å². The van der Waals surface area contributed by atoms with Gasteiger partial charge in [0.25, 0.3) is 0 Å². The van der Waals surface area contributed by atoms with Crippen LogP contribution in [0.4, 0.5) is 0 Å². The van der Waals surface area contributed by atoms with Crippen LogP contribution in [0.3, 0.4) is 0 Å². The van der Waals surface area contributed by atoms with Gasteiger partial charge in [-0.2, -0.15) is 0 Å². The SMILES string of the molecule is [2H]C([2H])([2H])c1ccc(-c2cc(C)c(C([2H])([2H])C(C)(C)C)c[n+]2C)c(C)c1.[2H]C([2H])(c1c[n+](C)c(-c2ccccc2C)cc1C)C(C)(C)C.[2H]C([2H])(c1c[n+](C)c(-c2ccccc2C)cc1C)C(C)(C)C.[2H]C([2H])(c1ccc(-c2ccccc2C)[n+](C)c1)C(C)(C)C. The van der Waals surface area contributed by atoms with Gasteiger partial charge in [-0.1, -0.05) is 155 Å². The molecule has 0 fully saturated rings. The molecule has 0 aliphatic carbocycles. The van der Waals surface area contributed by atoms with E-state index in [2.05, 4.69) is 69.3 Å². The highest BCUT2D eigenvalue weighted by Crippen LogP contribution is 2.30. The summed E-state index contributed by atoms with van der Waals surface area (Å²) < 4.78 is 98.7. The maximum absolute atomic E-state index is 8.56. The van der Waals surface area contributed by atoms with Gasteiger partial charge in [-0.25, -0.2) is 18.3 Å². The second-order valence-electron chi connectivity index (χ2n) is 26.0. The molecule has 4 heteroatoms. The molecule has 4 aromatic heterocycles. The standard InChI is InChI=1S/C20H28N.2C19H26N.C18H24N/c1-14-8-9-18(16(3)10-14)19-11-15(2)17(13-21(19)7)12-20(4,5)6;2*1-14-9-7-8-10-17(14)18-11-15(2)16(13-20(18)6)12-19(3,4)5;1-14-8-6-7-9-16(14)17-11-10-15(13-19(17)5)12-18(2,3)4/h8-11,13H,12H2,1-7H3;2*7-11,13H,12H2,1-6H3;6-11,13H,12H2,1-5H3/q4*+1/i1D3,12D2;3*12D2. The van der Waals surface area contributed by atoms with Crippen LogP contribution in [0, 0.1) is 77.0 Å². The molecule has 0 N–H and O–H groups in total. The summed E-state index contributed by atoms with van der Waals surface area (Å²) in [6.45, 7) is 35.2. The third-order valence-corrected chi connectivity index (χ3v) is 13.4. The van der Waals surface area contributed by atoms with Gasteiger partial charge in [0.2, 0.25) is 22.8 Å². The van der Waals surface area contributed by atoms with E-state index in [9.17, 15) is 0 Å². The summed E-state index contributed by atoms with van der Waals surface area (Å²) in [5.41, 5.74) is 17.6. The third-order valence-electron chi connectivity index (χ3n) is 13.4. The van der Waals surface area contributed by atoms with Crippen molar-refractivity contribution in [2.75, 3.05) is 0 Å². The molecule has 8 aromatic rings. The van der Waals surface area contributed by atoms with Crippen molar-refractivity contribution in [2.45, 2.75) is 164 Å². The molecule has 0 unspecified atom stereocenters. The van der Waals surface area contributed by atoms with Gasteiger partial charge < -0.3 is 0 Å². The maximum atomic E-state index is 8.56. The zero-order chi connectivity index (χ0) is 69.3. The van der Waals surface area contributed by atoms with Crippen LogP contribution in [0.2, 0.25) is 0 Å². The van der Waals surface area contributed by atoms with E-state index < -0.39 is 54.0 Å². The first-order chi connectivity index (χ1) is 41.4. The van der Waals surface area contributed by atoms with Crippen LogP contribution < -0.4 is 18.3 Å². The predicted octanol–water partition coefficient (Wildman–Crippen LogP) is 17.5. The normalized spacial score (nSPS) is 14.6. The van der Waals surface area contributed by atoms with Gasteiger partial charge in [0.1, 0.15) is 28.2 Å². The molecule has 0 saturated heterocycles. The molecule has 0 bridgehead atoms. The Morgan fingerprint density at radius 3 is 0.938 bits per heavy atom. The van der Waals surface area contributed by atoms with Crippen molar-refractivity contribution in [3.63, 3.8) is 0 Å². The van der Waals surface area contributed by atoms with Crippen LogP contribution in [0.25, 0.3) is 45.0 Å². The first-order valence-corrected chi connectivity index (χ1v) is 28.2. The van der Waals surface area contributed by atoms with E-state index in [0.717, 1.165) is 67.3 Å². The van der Waals surface area contributed by atoms with E-state index in [1.165, 1.54) is 33.4 Å². The quantitative estimate of drug-likeness (QED) is 0.135. The smallest absolute Gasteiger partial charge is 0.201 e. The van der Waals surface area contributed by atoms with E-state index in [-0.39, 0.29) is 0 Å². The monoisotopic (exact) mass is 1080 g/mol. The van der Waals surface area contributed by atoms with Gasteiger partial charge in [-0.15, -0.1) is 0 Å². The molecule has 0 saturated carbocycles. The zero-order valence-corrected chi connectivity index (χ0v) is 53.1. The van der Waals surface area contributed by atoms with Crippen molar-refractivity contribution in [2.24, 2.45) is 49.9 Å². The molecule has 4 nitrogen and oxygen atoms in total. The summed E-state index contributed by atoms with van der Waals surface area (Å²) >= 11 is 0. The minimum Gasteiger partial charge on any atom is -0.201 e. The highest BCUT2D eigenvalue weighted by atomic mass is 14.9. The summed E-state index contributed by atoms with van der Waals surface area (Å²) in [7, 11) is 7.85. The summed E-state index contributed by atoms with van der Waals surface area (Å²) in [5.74, 6) is 0. The average Bonchev–Trinajstić information content (AvgIpc) is 0.793. The Labute approximate surface area is 503 Å². The lowest BCUT2D eigenvalue weighted by atomic mass is 9.87. The van der Waals surface area contributed by atoms with Crippen molar-refractivity contribution >= 4 is 0 Å². The van der Waals surface area contributed by atoms with Crippen molar-refractivity contribution in [3.8, 4) is 45.0 Å². The highest BCUT2D eigenvalue weighted by Gasteiger charge is 2.23. The number of pyridine rings is 4. The number of aryl methyl sites for hydroxylation is 12. The topological polar surface area (TPSA) is 15.5 Å². The zero-order valence-electron chi connectivity index (χ0n) is 64.1. The second-order valence-corrected chi connectivity index (χ2v) is 26.0. The molecule has 424 valence electrons. The Bertz CT molecular complexity index is 3760. The van der Waals surface area contributed by atoms with Crippen molar-refractivity contribution in [1.29, 1.82) is 0 Å². The lowest BCUT2D eigenvalue weighted by molar-refractivity contribution is -0.661. The molecular formula is C76H104N4+4. The molecular weight excluding hydrogens is 969 g/mol. The molecule has 0 aliphatic heterocycles. The molecule has 4 heterocycles. The third kappa shape index (κ3) is 19.1. The minimum absolute atomic E-state index is 0.332. The van der Waals surface area contributed by atoms with E-state index in [4.69, 9.17) is 15.1 Å².